The number of aliphatic carboxylic acids is 1. The van der Waals surface area contributed by atoms with Crippen LogP contribution in [0.2, 0.25) is 0 Å². The number of carbonyl (C=O) groups is 1. The van der Waals surface area contributed by atoms with Crippen molar-refractivity contribution in [2.24, 2.45) is 11.8 Å². The maximum absolute atomic E-state index is 10.4. The van der Waals surface area contributed by atoms with Gasteiger partial charge in [0, 0.05) is 6.42 Å². The van der Waals surface area contributed by atoms with Gasteiger partial charge >= 0.3 is 5.97 Å². The van der Waals surface area contributed by atoms with E-state index in [0.29, 0.717) is 11.8 Å². The Morgan fingerprint density at radius 3 is 2.52 bits per heavy atom. The van der Waals surface area contributed by atoms with Crippen LogP contribution in [0.3, 0.4) is 0 Å². The van der Waals surface area contributed by atoms with Crippen LogP contribution in [0.1, 0.15) is 77.6 Å². The van der Waals surface area contributed by atoms with E-state index in [0.717, 1.165) is 64.2 Å². The van der Waals surface area contributed by atoms with Gasteiger partial charge in [0.15, 0.2) is 0 Å². The number of aliphatic hydroxyl groups excluding tert-OH is 2. The first-order valence-corrected chi connectivity index (χ1v) is 8.62. The van der Waals surface area contributed by atoms with E-state index in [1.165, 1.54) is 0 Å². The van der Waals surface area contributed by atoms with Crippen LogP contribution in [0.5, 0.6) is 0 Å². The minimum Gasteiger partial charge on any atom is -0.481 e. The first-order chi connectivity index (χ1) is 10.0. The average Bonchev–Trinajstić information content (AvgIpc) is 2.80. The van der Waals surface area contributed by atoms with Gasteiger partial charge in [-0.25, -0.2) is 0 Å². The molecule has 0 aromatic carbocycles. The van der Waals surface area contributed by atoms with Crippen molar-refractivity contribution in [3.8, 4) is 0 Å². The molecule has 1 aliphatic rings. The van der Waals surface area contributed by atoms with Crippen LogP contribution in [0.25, 0.3) is 0 Å². The van der Waals surface area contributed by atoms with E-state index in [2.05, 4.69) is 0 Å². The summed E-state index contributed by atoms with van der Waals surface area (Å²) >= 11 is 0. The van der Waals surface area contributed by atoms with Crippen LogP contribution in [0, 0.1) is 11.8 Å². The second-order valence-electron chi connectivity index (χ2n) is 6.55. The van der Waals surface area contributed by atoms with Crippen LogP contribution in [0.15, 0.2) is 0 Å². The monoisotopic (exact) mass is 300 g/mol. The Labute approximate surface area is 128 Å². The molecule has 21 heavy (non-hydrogen) atoms. The van der Waals surface area contributed by atoms with Gasteiger partial charge in [-0.2, -0.15) is 0 Å². The molecule has 0 aromatic rings. The van der Waals surface area contributed by atoms with E-state index >= 15 is 0 Å². The molecule has 1 saturated carbocycles. The van der Waals surface area contributed by atoms with Gasteiger partial charge in [-0.05, 0) is 50.4 Å². The molecule has 1 aliphatic carbocycles. The Hall–Kier alpha value is -0.610. The van der Waals surface area contributed by atoms with E-state index in [9.17, 15) is 15.0 Å². The molecule has 0 radical (unpaired) electrons. The zero-order valence-corrected chi connectivity index (χ0v) is 13.3. The number of unbranched alkanes of at least 4 members (excludes halogenated alkanes) is 3. The number of aliphatic hydroxyl groups is 2. The molecule has 0 heterocycles. The highest BCUT2D eigenvalue weighted by molar-refractivity contribution is 5.66. The molecule has 0 aliphatic heterocycles. The minimum absolute atomic E-state index is 0.189. The lowest BCUT2D eigenvalue weighted by atomic mass is 9.85. The van der Waals surface area contributed by atoms with Gasteiger partial charge in [-0.1, -0.05) is 32.6 Å². The Balaban J connectivity index is 2.18. The molecule has 0 saturated heterocycles. The first kappa shape index (κ1) is 18.4. The topological polar surface area (TPSA) is 77.8 Å². The molecule has 0 bridgehead atoms. The molecule has 3 N–H and O–H groups in total. The van der Waals surface area contributed by atoms with E-state index in [4.69, 9.17) is 5.11 Å². The molecule has 4 heteroatoms. The van der Waals surface area contributed by atoms with Crippen molar-refractivity contribution in [1.82, 2.24) is 0 Å². The van der Waals surface area contributed by atoms with Crippen LogP contribution in [0.4, 0.5) is 0 Å². The summed E-state index contributed by atoms with van der Waals surface area (Å²) < 4.78 is 0. The molecule has 0 unspecified atom stereocenters. The Kier molecular flexibility index (Phi) is 8.93. The number of hydrogen-bond donors (Lipinski definition) is 3. The number of hydrogen-bond acceptors (Lipinski definition) is 3. The van der Waals surface area contributed by atoms with Gasteiger partial charge in [0.1, 0.15) is 0 Å². The summed E-state index contributed by atoms with van der Waals surface area (Å²) in [7, 11) is 0. The smallest absolute Gasteiger partial charge is 0.303 e. The fraction of sp³-hybridized carbons (Fsp3) is 0.941. The van der Waals surface area contributed by atoms with Gasteiger partial charge in [0.25, 0.3) is 0 Å². The molecule has 4 atom stereocenters. The Morgan fingerprint density at radius 2 is 1.86 bits per heavy atom. The molecule has 0 aromatic heterocycles. The van der Waals surface area contributed by atoms with Gasteiger partial charge in [0.05, 0.1) is 12.2 Å². The predicted molar refractivity (Wildman–Crippen MR) is 83.1 cm³/mol. The lowest BCUT2D eigenvalue weighted by Crippen LogP contribution is -2.21. The molecule has 124 valence electrons. The van der Waals surface area contributed by atoms with Gasteiger partial charge in [-0.15, -0.1) is 0 Å². The van der Waals surface area contributed by atoms with Crippen LogP contribution < -0.4 is 0 Å². The molecular formula is C17H32O4. The van der Waals surface area contributed by atoms with Gasteiger partial charge in [0.2, 0.25) is 0 Å². The average molecular weight is 300 g/mol. The first-order valence-electron chi connectivity index (χ1n) is 8.62. The largest absolute Gasteiger partial charge is 0.481 e. The lowest BCUT2D eigenvalue weighted by Gasteiger charge is -2.23. The van der Waals surface area contributed by atoms with Crippen molar-refractivity contribution in [2.75, 3.05) is 0 Å². The SMILES string of the molecule is CC[C@H](O)CC[C@@H]1[C@H](CCCCCCC(=O)O)CC[C@H]1O. The highest BCUT2D eigenvalue weighted by Crippen LogP contribution is 2.38. The van der Waals surface area contributed by atoms with Crippen molar-refractivity contribution in [2.45, 2.75) is 89.8 Å². The number of rotatable bonds is 11. The summed E-state index contributed by atoms with van der Waals surface area (Å²) in [4.78, 5) is 10.4. The fourth-order valence-corrected chi connectivity index (χ4v) is 3.54. The third kappa shape index (κ3) is 7.28. The van der Waals surface area contributed by atoms with Crippen molar-refractivity contribution < 1.29 is 20.1 Å². The normalized spacial score (nSPS) is 26.9. The Morgan fingerprint density at radius 1 is 1.14 bits per heavy atom. The highest BCUT2D eigenvalue weighted by Gasteiger charge is 2.34. The predicted octanol–water partition coefficient (Wildman–Crippen LogP) is 3.35. The molecule has 0 amide bonds. The van der Waals surface area contributed by atoms with Gasteiger partial charge in [-0.3, -0.25) is 4.79 Å². The van der Waals surface area contributed by atoms with Crippen LogP contribution in [-0.4, -0.2) is 33.5 Å². The van der Waals surface area contributed by atoms with Crippen LogP contribution >= 0.6 is 0 Å². The standard InChI is InChI=1S/C17H32O4/c1-2-14(18)10-11-15-13(9-12-16(15)19)7-5-3-4-6-8-17(20)21/h13-16,18-19H,2-12H2,1H3,(H,20,21)/t13-,14+,15-,16-/m1/s1. The van der Waals surface area contributed by atoms with Crippen molar-refractivity contribution in [3.63, 3.8) is 0 Å². The Bertz CT molecular complexity index is 293. The van der Waals surface area contributed by atoms with Crippen molar-refractivity contribution >= 4 is 5.97 Å². The summed E-state index contributed by atoms with van der Waals surface area (Å²) in [5.41, 5.74) is 0. The molecule has 0 spiro atoms. The third-order valence-electron chi connectivity index (χ3n) is 4.95. The van der Waals surface area contributed by atoms with Gasteiger partial charge < -0.3 is 15.3 Å². The molecule has 4 nitrogen and oxygen atoms in total. The van der Waals surface area contributed by atoms with Crippen molar-refractivity contribution in [3.05, 3.63) is 0 Å². The fourth-order valence-electron chi connectivity index (χ4n) is 3.54. The van der Waals surface area contributed by atoms with Crippen LogP contribution in [-0.2, 0) is 4.79 Å². The van der Waals surface area contributed by atoms with E-state index in [1.807, 2.05) is 6.92 Å². The zero-order valence-electron chi connectivity index (χ0n) is 13.3. The maximum Gasteiger partial charge on any atom is 0.303 e. The highest BCUT2D eigenvalue weighted by atomic mass is 16.4. The summed E-state index contributed by atoms with van der Waals surface area (Å²) in [6.07, 6.45) is 9.49. The van der Waals surface area contributed by atoms with E-state index < -0.39 is 5.97 Å². The second-order valence-corrected chi connectivity index (χ2v) is 6.55. The lowest BCUT2D eigenvalue weighted by molar-refractivity contribution is -0.137. The maximum atomic E-state index is 10.4. The minimum atomic E-state index is -0.705. The third-order valence-corrected chi connectivity index (χ3v) is 4.95. The number of carboxylic acid groups (broad SMARTS) is 1. The quantitative estimate of drug-likeness (QED) is 0.511. The summed E-state index contributed by atoms with van der Waals surface area (Å²) in [5, 5.41) is 28.4. The van der Waals surface area contributed by atoms with Crippen molar-refractivity contribution in [1.29, 1.82) is 0 Å². The van der Waals surface area contributed by atoms with E-state index in [-0.39, 0.29) is 18.6 Å². The van der Waals surface area contributed by atoms with E-state index in [1.54, 1.807) is 0 Å². The molecular weight excluding hydrogens is 268 g/mol. The summed E-state index contributed by atoms with van der Waals surface area (Å²) in [5.74, 6) is 0.234. The second kappa shape index (κ2) is 10.2. The molecule has 1 fully saturated rings. The zero-order chi connectivity index (χ0) is 15.7. The molecule has 1 rings (SSSR count). The summed E-state index contributed by atoms with van der Waals surface area (Å²) in [6, 6.07) is 0. The summed E-state index contributed by atoms with van der Waals surface area (Å²) in [6.45, 7) is 1.99. The number of carboxylic acids is 1.